The van der Waals surface area contributed by atoms with Crippen molar-refractivity contribution in [1.29, 1.82) is 0 Å². The van der Waals surface area contributed by atoms with E-state index in [-0.39, 0.29) is 25.5 Å². The zero-order chi connectivity index (χ0) is 15.3. The third kappa shape index (κ3) is 4.51. The van der Waals surface area contributed by atoms with Gasteiger partial charge in [-0.25, -0.2) is 4.39 Å². The lowest BCUT2D eigenvalue weighted by Gasteiger charge is -2.20. The van der Waals surface area contributed by atoms with Gasteiger partial charge in [-0.1, -0.05) is 12.1 Å². The molecule has 1 saturated heterocycles. The monoisotopic (exact) mass is 296 g/mol. The van der Waals surface area contributed by atoms with Crippen molar-refractivity contribution in [1.82, 2.24) is 10.6 Å². The average Bonchev–Trinajstić information content (AvgIpc) is 2.91. The minimum Gasteiger partial charge on any atom is -0.386 e. The lowest BCUT2D eigenvalue weighted by molar-refractivity contribution is -0.139. The number of amides is 2. The first-order valence-electron chi connectivity index (χ1n) is 6.59. The number of hydrogen-bond acceptors (Lipinski definition) is 4. The fraction of sp³-hybridized carbons (Fsp3) is 0.429. The first kappa shape index (κ1) is 15.4. The number of nitrogens with one attached hydrogen (secondary N) is 2. The molecule has 114 valence electrons. The molecule has 1 aliphatic rings. The number of carbonyl (C=O) groups excluding carboxylic acids is 2. The van der Waals surface area contributed by atoms with Gasteiger partial charge in [-0.05, 0) is 17.7 Å². The van der Waals surface area contributed by atoms with E-state index in [2.05, 4.69) is 10.6 Å². The molecular formula is C14H17FN2O4. The molecule has 1 heterocycles. The molecule has 0 bridgehead atoms. The van der Waals surface area contributed by atoms with E-state index in [1.807, 2.05) is 0 Å². The molecular weight excluding hydrogens is 279 g/mol. The SMILES string of the molecule is O=C(NCc1ccc(F)cc1)C(=O)NCC1(O)CCOC1. The van der Waals surface area contributed by atoms with Crippen LogP contribution in [0.4, 0.5) is 4.39 Å². The Morgan fingerprint density at radius 2 is 1.90 bits per heavy atom. The summed E-state index contributed by atoms with van der Waals surface area (Å²) in [6, 6.07) is 5.59. The molecule has 2 amide bonds. The van der Waals surface area contributed by atoms with Crippen molar-refractivity contribution in [3.63, 3.8) is 0 Å². The molecule has 6 nitrogen and oxygen atoms in total. The quantitative estimate of drug-likeness (QED) is 0.666. The van der Waals surface area contributed by atoms with Gasteiger partial charge in [0.15, 0.2) is 0 Å². The maximum atomic E-state index is 12.7. The van der Waals surface area contributed by atoms with Crippen molar-refractivity contribution in [3.8, 4) is 0 Å². The number of hydrogen-bond donors (Lipinski definition) is 3. The van der Waals surface area contributed by atoms with Gasteiger partial charge < -0.3 is 20.5 Å². The van der Waals surface area contributed by atoms with Gasteiger partial charge in [0, 0.05) is 26.1 Å². The summed E-state index contributed by atoms with van der Waals surface area (Å²) in [5.41, 5.74) is -0.423. The number of carbonyl (C=O) groups is 2. The lowest BCUT2D eigenvalue weighted by atomic mass is 10.0. The summed E-state index contributed by atoms with van der Waals surface area (Å²) >= 11 is 0. The normalized spacial score (nSPS) is 21.0. The predicted molar refractivity (Wildman–Crippen MR) is 71.6 cm³/mol. The Hall–Kier alpha value is -1.99. The molecule has 0 aromatic heterocycles. The van der Waals surface area contributed by atoms with E-state index in [0.717, 1.165) is 0 Å². The zero-order valence-electron chi connectivity index (χ0n) is 11.4. The van der Waals surface area contributed by atoms with Crippen LogP contribution in [-0.2, 0) is 20.9 Å². The van der Waals surface area contributed by atoms with Crippen LogP contribution in [-0.4, -0.2) is 42.3 Å². The topological polar surface area (TPSA) is 87.7 Å². The molecule has 1 atom stereocenters. The molecule has 3 N–H and O–H groups in total. The molecule has 0 spiro atoms. The number of ether oxygens (including phenoxy) is 1. The largest absolute Gasteiger partial charge is 0.386 e. The second-order valence-electron chi connectivity index (χ2n) is 5.02. The van der Waals surface area contributed by atoms with Gasteiger partial charge in [0.2, 0.25) is 0 Å². The third-order valence-corrected chi connectivity index (χ3v) is 3.23. The van der Waals surface area contributed by atoms with Crippen LogP contribution in [0.2, 0.25) is 0 Å². The van der Waals surface area contributed by atoms with Gasteiger partial charge in [0.25, 0.3) is 0 Å². The Kier molecular flexibility index (Phi) is 4.87. The molecule has 1 aliphatic heterocycles. The van der Waals surface area contributed by atoms with Crippen molar-refractivity contribution in [2.24, 2.45) is 0 Å². The molecule has 7 heteroatoms. The molecule has 2 rings (SSSR count). The Bertz CT molecular complexity index is 512. The zero-order valence-corrected chi connectivity index (χ0v) is 11.4. The van der Waals surface area contributed by atoms with Crippen LogP contribution in [0.25, 0.3) is 0 Å². The molecule has 1 aromatic carbocycles. The van der Waals surface area contributed by atoms with Gasteiger partial charge in [0.05, 0.1) is 6.61 Å². The number of aliphatic hydroxyl groups is 1. The van der Waals surface area contributed by atoms with Gasteiger partial charge in [0.1, 0.15) is 11.4 Å². The summed E-state index contributed by atoms with van der Waals surface area (Å²) < 4.78 is 17.7. The molecule has 1 fully saturated rings. The van der Waals surface area contributed by atoms with E-state index in [1.54, 1.807) is 0 Å². The fourth-order valence-electron chi connectivity index (χ4n) is 1.93. The van der Waals surface area contributed by atoms with E-state index in [0.29, 0.717) is 18.6 Å². The first-order chi connectivity index (χ1) is 9.98. The summed E-state index contributed by atoms with van der Waals surface area (Å²) in [5.74, 6) is -1.99. The second kappa shape index (κ2) is 6.64. The van der Waals surface area contributed by atoms with Crippen molar-refractivity contribution < 1.29 is 23.8 Å². The van der Waals surface area contributed by atoms with Gasteiger partial charge in [-0.15, -0.1) is 0 Å². The average molecular weight is 296 g/mol. The highest BCUT2D eigenvalue weighted by atomic mass is 19.1. The molecule has 0 saturated carbocycles. The Labute approximate surface area is 121 Å². The summed E-state index contributed by atoms with van der Waals surface area (Å²) in [7, 11) is 0. The highest BCUT2D eigenvalue weighted by Gasteiger charge is 2.33. The van der Waals surface area contributed by atoms with E-state index < -0.39 is 17.4 Å². The van der Waals surface area contributed by atoms with Crippen molar-refractivity contribution in [3.05, 3.63) is 35.6 Å². The first-order valence-corrected chi connectivity index (χ1v) is 6.59. The Morgan fingerprint density at radius 3 is 2.52 bits per heavy atom. The third-order valence-electron chi connectivity index (χ3n) is 3.23. The molecule has 0 aliphatic carbocycles. The number of benzene rings is 1. The van der Waals surface area contributed by atoms with Crippen molar-refractivity contribution in [2.45, 2.75) is 18.6 Å². The van der Waals surface area contributed by atoms with Crippen LogP contribution in [0.5, 0.6) is 0 Å². The second-order valence-corrected chi connectivity index (χ2v) is 5.02. The van der Waals surface area contributed by atoms with Gasteiger partial charge in [-0.2, -0.15) is 0 Å². The van der Waals surface area contributed by atoms with Gasteiger partial charge >= 0.3 is 11.8 Å². The summed E-state index contributed by atoms with van der Waals surface area (Å²) in [4.78, 5) is 23.2. The summed E-state index contributed by atoms with van der Waals surface area (Å²) in [6.45, 7) is 0.670. The standard InChI is InChI=1S/C14H17FN2O4/c15-11-3-1-10(2-4-11)7-16-12(18)13(19)17-8-14(20)5-6-21-9-14/h1-4,20H,5-9H2,(H,16,18)(H,17,19). The molecule has 1 unspecified atom stereocenters. The summed E-state index contributed by atoms with van der Waals surface area (Å²) in [5, 5.41) is 14.7. The van der Waals surface area contributed by atoms with Crippen LogP contribution in [0, 0.1) is 5.82 Å². The number of rotatable bonds is 4. The maximum absolute atomic E-state index is 12.7. The van der Waals surface area contributed by atoms with Crippen LogP contribution >= 0.6 is 0 Å². The Balaban J connectivity index is 1.74. The van der Waals surface area contributed by atoms with E-state index in [9.17, 15) is 19.1 Å². The van der Waals surface area contributed by atoms with Crippen LogP contribution in [0.3, 0.4) is 0 Å². The smallest absolute Gasteiger partial charge is 0.309 e. The van der Waals surface area contributed by atoms with Crippen LogP contribution < -0.4 is 10.6 Å². The highest BCUT2D eigenvalue weighted by molar-refractivity contribution is 6.35. The summed E-state index contributed by atoms with van der Waals surface area (Å²) in [6.07, 6.45) is 0.421. The van der Waals surface area contributed by atoms with Crippen LogP contribution in [0.15, 0.2) is 24.3 Å². The highest BCUT2D eigenvalue weighted by Crippen LogP contribution is 2.16. The van der Waals surface area contributed by atoms with E-state index in [1.165, 1.54) is 24.3 Å². The number of halogens is 1. The van der Waals surface area contributed by atoms with Gasteiger partial charge in [-0.3, -0.25) is 9.59 Å². The predicted octanol–water partition coefficient (Wildman–Crippen LogP) is -0.291. The molecule has 21 heavy (non-hydrogen) atoms. The van der Waals surface area contributed by atoms with E-state index in [4.69, 9.17) is 4.74 Å². The minimum absolute atomic E-state index is 0.0319. The van der Waals surface area contributed by atoms with Crippen LogP contribution in [0.1, 0.15) is 12.0 Å². The molecule has 0 radical (unpaired) electrons. The minimum atomic E-state index is -1.10. The lowest BCUT2D eigenvalue weighted by Crippen LogP contribution is -2.47. The molecule has 1 aromatic rings. The fourth-order valence-corrected chi connectivity index (χ4v) is 1.93. The Morgan fingerprint density at radius 1 is 1.24 bits per heavy atom. The van der Waals surface area contributed by atoms with Crippen molar-refractivity contribution >= 4 is 11.8 Å². The maximum Gasteiger partial charge on any atom is 0.309 e. The van der Waals surface area contributed by atoms with E-state index >= 15 is 0 Å². The van der Waals surface area contributed by atoms with Crippen molar-refractivity contribution in [2.75, 3.05) is 19.8 Å².